The lowest BCUT2D eigenvalue weighted by molar-refractivity contribution is 0.538. The molecule has 0 rings (SSSR count). The van der Waals surface area contributed by atoms with Crippen LogP contribution in [-0.2, 0) is 0 Å². The molecule has 0 aliphatic carbocycles. The Morgan fingerprint density at radius 2 is 1.11 bits per heavy atom. The summed E-state index contributed by atoms with van der Waals surface area (Å²) in [5.41, 5.74) is 1.30. The molecule has 3 heteroatoms. The molecule has 0 saturated heterocycles. The fraction of sp³-hybridized carbons (Fsp3) is 0.875. The van der Waals surface area contributed by atoms with Gasteiger partial charge in [-0.25, -0.2) is 0 Å². The molecule has 0 atom stereocenters. The molecule has 114 valence electrons. The Balaban J connectivity index is 5.79. The normalized spacial score (nSPS) is 14.9. The molecule has 0 saturated carbocycles. The van der Waals surface area contributed by atoms with Gasteiger partial charge in [0.2, 0.25) is 0 Å². The molecule has 0 spiro atoms. The molecule has 0 fully saturated rings. The maximum absolute atomic E-state index is 4.19. The fourth-order valence-corrected chi connectivity index (χ4v) is 12.7. The van der Waals surface area contributed by atoms with Gasteiger partial charge in [-0.3, -0.25) is 0 Å². The van der Waals surface area contributed by atoms with Gasteiger partial charge in [0.15, 0.2) is 0 Å². The summed E-state index contributed by atoms with van der Waals surface area (Å²) < 4.78 is 2.92. The summed E-state index contributed by atoms with van der Waals surface area (Å²) in [4.78, 5) is 0. The molecule has 0 heterocycles. The van der Waals surface area contributed by atoms with E-state index in [4.69, 9.17) is 0 Å². The van der Waals surface area contributed by atoms with Gasteiger partial charge in [0.1, 0.15) is 16.5 Å². The van der Waals surface area contributed by atoms with Gasteiger partial charge in [0.05, 0.1) is 0 Å². The molecule has 0 aliphatic rings. The van der Waals surface area contributed by atoms with E-state index in [1.807, 2.05) is 0 Å². The van der Waals surface area contributed by atoms with E-state index in [2.05, 4.69) is 85.5 Å². The molecule has 19 heavy (non-hydrogen) atoms. The monoisotopic (exact) mass is 299 g/mol. The Morgan fingerprint density at radius 3 is 1.26 bits per heavy atom. The van der Waals surface area contributed by atoms with Crippen LogP contribution in [0.3, 0.4) is 0 Å². The predicted molar refractivity (Wildman–Crippen MR) is 95.9 cm³/mol. The summed E-state index contributed by atoms with van der Waals surface area (Å²) in [6.07, 6.45) is 0. The van der Waals surface area contributed by atoms with Gasteiger partial charge in [-0.15, -0.1) is 0 Å². The second-order valence-electron chi connectivity index (χ2n) is 9.16. The standard InChI is InChI=1S/C16H37NSi2/c1-14(2)13-17(18(9,10)15(3,4)5)19(11,12)16(6,7)8/h1,13H2,2-12H3. The zero-order valence-corrected chi connectivity index (χ0v) is 17.4. The molecule has 0 radical (unpaired) electrons. The summed E-state index contributed by atoms with van der Waals surface area (Å²) in [6.45, 7) is 32.1. The summed E-state index contributed by atoms with van der Waals surface area (Å²) in [6, 6.07) is 0. The van der Waals surface area contributed by atoms with Crippen molar-refractivity contribution in [3.05, 3.63) is 12.2 Å². The summed E-state index contributed by atoms with van der Waals surface area (Å²) in [5, 5.41) is 0.774. The highest BCUT2D eigenvalue weighted by molar-refractivity contribution is 6.93. The molecular weight excluding hydrogens is 262 g/mol. The van der Waals surface area contributed by atoms with Crippen LogP contribution in [0.25, 0.3) is 0 Å². The Kier molecular flexibility index (Phi) is 5.53. The van der Waals surface area contributed by atoms with Crippen LogP contribution in [0.5, 0.6) is 0 Å². The Hall–Kier alpha value is 0.134. The third-order valence-corrected chi connectivity index (χ3v) is 19.2. The Labute approximate surface area is 124 Å². The number of rotatable bonds is 4. The SMILES string of the molecule is C=C(C)CN([Si](C)(C)C(C)(C)C)[Si](C)(C)C(C)(C)C. The van der Waals surface area contributed by atoms with Crippen molar-refractivity contribution in [1.29, 1.82) is 0 Å². The van der Waals surface area contributed by atoms with Gasteiger partial charge < -0.3 is 4.23 Å². The maximum Gasteiger partial charge on any atom is 0.121 e. The summed E-state index contributed by atoms with van der Waals surface area (Å²) in [7, 11) is -3.02. The van der Waals surface area contributed by atoms with Crippen LogP contribution in [0.15, 0.2) is 12.2 Å². The van der Waals surface area contributed by atoms with Crippen LogP contribution < -0.4 is 0 Å². The lowest BCUT2D eigenvalue weighted by Gasteiger charge is -2.57. The van der Waals surface area contributed by atoms with Gasteiger partial charge in [-0.1, -0.05) is 79.9 Å². The zero-order chi connectivity index (χ0) is 15.9. The fourth-order valence-electron chi connectivity index (χ4n) is 2.17. The van der Waals surface area contributed by atoms with Crippen LogP contribution in [0.4, 0.5) is 0 Å². The third-order valence-electron chi connectivity index (χ3n) is 5.45. The van der Waals surface area contributed by atoms with Crippen molar-refractivity contribution in [1.82, 2.24) is 4.23 Å². The minimum Gasteiger partial charge on any atom is -0.341 e. The van der Waals surface area contributed by atoms with Crippen molar-refractivity contribution in [2.45, 2.75) is 84.7 Å². The van der Waals surface area contributed by atoms with Gasteiger partial charge in [0, 0.05) is 6.54 Å². The van der Waals surface area contributed by atoms with Crippen LogP contribution >= 0.6 is 0 Å². The highest BCUT2D eigenvalue weighted by atomic mass is 28.4. The average Bonchev–Trinajstić information content (AvgIpc) is 2.09. The third kappa shape index (κ3) is 4.05. The van der Waals surface area contributed by atoms with Gasteiger partial charge >= 0.3 is 0 Å². The largest absolute Gasteiger partial charge is 0.341 e. The number of hydrogen-bond acceptors (Lipinski definition) is 1. The topological polar surface area (TPSA) is 3.24 Å². The number of nitrogens with zero attached hydrogens (tertiary/aromatic N) is 1. The molecule has 0 unspecified atom stereocenters. The molecule has 0 aliphatic heterocycles. The maximum atomic E-state index is 4.19. The first-order valence-electron chi connectivity index (χ1n) is 7.47. The van der Waals surface area contributed by atoms with Crippen molar-refractivity contribution < 1.29 is 0 Å². The van der Waals surface area contributed by atoms with Crippen molar-refractivity contribution in [3.8, 4) is 0 Å². The van der Waals surface area contributed by atoms with Crippen molar-refractivity contribution in [3.63, 3.8) is 0 Å². The second-order valence-corrected chi connectivity index (χ2v) is 19.9. The van der Waals surface area contributed by atoms with Gasteiger partial charge in [0.25, 0.3) is 0 Å². The minimum absolute atomic E-state index is 0.387. The van der Waals surface area contributed by atoms with Crippen LogP contribution in [-0.4, -0.2) is 27.2 Å². The zero-order valence-electron chi connectivity index (χ0n) is 15.4. The molecule has 0 aromatic carbocycles. The minimum atomic E-state index is -1.51. The molecule has 0 aromatic rings. The van der Waals surface area contributed by atoms with Gasteiger partial charge in [-0.05, 0) is 17.0 Å². The van der Waals surface area contributed by atoms with E-state index in [-0.39, 0.29) is 0 Å². The van der Waals surface area contributed by atoms with E-state index in [1.165, 1.54) is 5.57 Å². The first-order valence-corrected chi connectivity index (χ1v) is 13.4. The smallest absolute Gasteiger partial charge is 0.121 e. The van der Waals surface area contributed by atoms with Crippen molar-refractivity contribution in [2.24, 2.45) is 0 Å². The molecule has 0 bridgehead atoms. The predicted octanol–water partition coefficient (Wildman–Crippen LogP) is 5.87. The van der Waals surface area contributed by atoms with Crippen molar-refractivity contribution >= 4 is 16.5 Å². The summed E-state index contributed by atoms with van der Waals surface area (Å²) >= 11 is 0. The first-order chi connectivity index (χ1) is 8.05. The molecular formula is C16H37NSi2. The average molecular weight is 300 g/mol. The first kappa shape index (κ1) is 19.1. The van der Waals surface area contributed by atoms with E-state index >= 15 is 0 Å². The highest BCUT2D eigenvalue weighted by Crippen LogP contribution is 2.46. The van der Waals surface area contributed by atoms with Gasteiger partial charge in [-0.2, -0.15) is 0 Å². The van der Waals surface area contributed by atoms with Crippen molar-refractivity contribution in [2.75, 3.05) is 6.54 Å². The lowest BCUT2D eigenvalue weighted by Crippen LogP contribution is -2.68. The highest BCUT2D eigenvalue weighted by Gasteiger charge is 2.51. The van der Waals surface area contributed by atoms with E-state index in [0.717, 1.165) is 6.54 Å². The summed E-state index contributed by atoms with van der Waals surface area (Å²) in [5.74, 6) is 0. The van der Waals surface area contributed by atoms with E-state index in [0.29, 0.717) is 10.1 Å². The molecule has 1 nitrogen and oxygen atoms in total. The van der Waals surface area contributed by atoms with E-state index in [9.17, 15) is 0 Å². The van der Waals surface area contributed by atoms with Crippen LogP contribution in [0, 0.1) is 0 Å². The lowest BCUT2D eigenvalue weighted by atomic mass is 10.2. The molecule has 0 N–H and O–H groups in total. The second kappa shape index (κ2) is 5.49. The quantitative estimate of drug-likeness (QED) is 0.463. The Morgan fingerprint density at radius 1 is 0.842 bits per heavy atom. The van der Waals surface area contributed by atoms with E-state index < -0.39 is 16.5 Å². The number of hydrogen-bond donors (Lipinski definition) is 0. The molecule has 0 amide bonds. The van der Waals surface area contributed by atoms with Crippen LogP contribution in [0.1, 0.15) is 48.5 Å². The van der Waals surface area contributed by atoms with Crippen LogP contribution in [0.2, 0.25) is 36.3 Å². The van der Waals surface area contributed by atoms with E-state index in [1.54, 1.807) is 0 Å². The molecule has 0 aromatic heterocycles. The Bertz CT molecular complexity index is 304.